The van der Waals surface area contributed by atoms with E-state index in [-0.39, 0.29) is 29.5 Å². The molecule has 4 bridgehead atoms. The fraction of sp³-hybridized carbons (Fsp3) is 0.400. The van der Waals surface area contributed by atoms with Crippen LogP contribution in [-0.4, -0.2) is 35.7 Å². The molecule has 1 aliphatic rings. The van der Waals surface area contributed by atoms with Gasteiger partial charge < -0.3 is 4.74 Å². The summed E-state index contributed by atoms with van der Waals surface area (Å²) in [5.41, 5.74) is 2.19. The van der Waals surface area contributed by atoms with Crippen molar-refractivity contribution in [2.24, 2.45) is 0 Å². The Morgan fingerprint density at radius 3 is 2.60 bits per heavy atom. The predicted octanol–water partition coefficient (Wildman–Crippen LogP) is 4.00. The van der Waals surface area contributed by atoms with Gasteiger partial charge in [0.2, 0.25) is 11.8 Å². The van der Waals surface area contributed by atoms with E-state index in [1.165, 1.54) is 12.1 Å². The van der Waals surface area contributed by atoms with Gasteiger partial charge in [0.1, 0.15) is 17.3 Å². The van der Waals surface area contributed by atoms with Crippen molar-refractivity contribution in [1.82, 2.24) is 19.5 Å². The van der Waals surface area contributed by atoms with Crippen molar-refractivity contribution in [2.75, 3.05) is 6.61 Å². The zero-order chi connectivity index (χ0) is 25.7. The first-order valence-electron chi connectivity index (χ1n) is 11.3. The molecule has 0 atom stereocenters. The van der Waals surface area contributed by atoms with Gasteiger partial charge in [-0.1, -0.05) is 13.8 Å². The molecular weight excluding hydrogens is 471 g/mol. The van der Waals surface area contributed by atoms with Crippen molar-refractivity contribution < 1.29 is 22.3 Å². The van der Waals surface area contributed by atoms with E-state index in [1.807, 2.05) is 27.7 Å². The number of nitrogens with one attached hydrogen (secondary N) is 1. The summed E-state index contributed by atoms with van der Waals surface area (Å²) in [5.74, 6) is -0.944. The molecule has 1 aromatic carbocycles. The van der Waals surface area contributed by atoms with Gasteiger partial charge >= 0.3 is 0 Å². The Morgan fingerprint density at radius 2 is 1.91 bits per heavy atom. The maximum atomic E-state index is 14.6. The number of halogens is 1. The predicted molar refractivity (Wildman–Crippen MR) is 129 cm³/mol. The van der Waals surface area contributed by atoms with E-state index in [4.69, 9.17) is 4.74 Å². The monoisotopic (exact) mass is 500 g/mol. The van der Waals surface area contributed by atoms with E-state index in [0.717, 1.165) is 0 Å². The molecule has 0 radical (unpaired) electrons. The van der Waals surface area contributed by atoms with Crippen LogP contribution in [0.4, 0.5) is 4.39 Å². The zero-order valence-corrected chi connectivity index (χ0v) is 21.5. The van der Waals surface area contributed by atoms with Crippen LogP contribution >= 0.6 is 0 Å². The van der Waals surface area contributed by atoms with Crippen molar-refractivity contribution in [3.63, 3.8) is 0 Å². The highest BCUT2D eigenvalue weighted by molar-refractivity contribution is 7.90. The Hall–Kier alpha value is -3.27. The highest BCUT2D eigenvalue weighted by atomic mass is 32.2. The molecule has 10 heteroatoms. The highest BCUT2D eigenvalue weighted by Crippen LogP contribution is 2.34. The van der Waals surface area contributed by atoms with E-state index in [2.05, 4.69) is 14.8 Å². The third-order valence-electron chi connectivity index (χ3n) is 6.14. The van der Waals surface area contributed by atoms with Gasteiger partial charge in [0.15, 0.2) is 0 Å². The molecule has 0 fully saturated rings. The number of nitrogens with zero attached hydrogens (tertiary/aromatic N) is 3. The molecule has 0 aliphatic carbocycles. The minimum atomic E-state index is -4.21. The number of amides is 1. The summed E-state index contributed by atoms with van der Waals surface area (Å²) in [6, 6.07) is 6.14. The molecular formula is C25H29FN4O4S. The lowest BCUT2D eigenvalue weighted by Gasteiger charge is -2.27. The third kappa shape index (κ3) is 4.67. The van der Waals surface area contributed by atoms with Crippen molar-refractivity contribution in [1.29, 1.82) is 0 Å². The third-order valence-corrected chi connectivity index (χ3v) is 7.77. The van der Waals surface area contributed by atoms with E-state index in [1.54, 1.807) is 36.9 Å². The lowest BCUT2D eigenvalue weighted by atomic mass is 9.88. The summed E-state index contributed by atoms with van der Waals surface area (Å²) in [6.45, 7) is 10.9. The topological polar surface area (TPSA) is 103 Å². The number of sulfonamides is 1. The Labute approximate surface area is 204 Å². The first kappa shape index (κ1) is 24.8. The first-order valence-corrected chi connectivity index (χ1v) is 12.8. The van der Waals surface area contributed by atoms with Crippen LogP contribution < -0.4 is 9.46 Å². The SMILES string of the molecule is Cc1nn2c(C)c1S(=O)(=O)NC(=O)Cc1c(cc(F)cc1C(C)C)-c1ccnc(c1)OCC2(C)C. The largest absolute Gasteiger partial charge is 0.475 e. The van der Waals surface area contributed by atoms with Gasteiger partial charge in [-0.25, -0.2) is 22.5 Å². The molecule has 2 aromatic heterocycles. The number of fused-ring (bicyclic) bond motifs is 6. The van der Waals surface area contributed by atoms with Crippen molar-refractivity contribution in [3.8, 4) is 17.0 Å². The molecule has 3 aromatic rings. The first-order chi connectivity index (χ1) is 16.3. The normalized spacial score (nSPS) is 17.1. The Kier molecular flexibility index (Phi) is 6.21. The second kappa shape index (κ2) is 8.75. The fourth-order valence-corrected chi connectivity index (χ4v) is 5.98. The van der Waals surface area contributed by atoms with Gasteiger partial charge in [-0.3, -0.25) is 9.48 Å². The van der Waals surface area contributed by atoms with E-state index in [9.17, 15) is 17.6 Å². The summed E-state index contributed by atoms with van der Waals surface area (Å²) in [6.07, 6.45) is 1.31. The van der Waals surface area contributed by atoms with Crippen molar-refractivity contribution in [3.05, 3.63) is 58.8 Å². The lowest BCUT2D eigenvalue weighted by molar-refractivity contribution is -0.118. The van der Waals surface area contributed by atoms with Gasteiger partial charge in [0.25, 0.3) is 10.0 Å². The zero-order valence-electron chi connectivity index (χ0n) is 20.6. The number of carbonyl (C=O) groups excluding carboxylic acids is 1. The second-order valence-electron chi connectivity index (χ2n) is 9.78. The van der Waals surface area contributed by atoms with Crippen LogP contribution in [-0.2, 0) is 26.8 Å². The maximum Gasteiger partial charge on any atom is 0.267 e. The molecule has 1 aliphatic heterocycles. The molecule has 8 nitrogen and oxygen atoms in total. The number of ether oxygens (including phenoxy) is 1. The number of carbonyl (C=O) groups is 1. The lowest BCUT2D eigenvalue weighted by Crippen LogP contribution is -2.36. The van der Waals surface area contributed by atoms with Gasteiger partial charge in [0, 0.05) is 12.3 Å². The summed E-state index contributed by atoms with van der Waals surface area (Å²) in [7, 11) is -4.21. The smallest absolute Gasteiger partial charge is 0.267 e. The van der Waals surface area contributed by atoms with E-state index in [0.29, 0.717) is 33.8 Å². The summed E-state index contributed by atoms with van der Waals surface area (Å²) < 4.78 is 51.0. The molecule has 186 valence electrons. The van der Waals surface area contributed by atoms with Crippen LogP contribution in [0.15, 0.2) is 35.4 Å². The molecule has 4 rings (SSSR count). The Bertz CT molecular complexity index is 1430. The van der Waals surface area contributed by atoms with Gasteiger partial charge in [-0.15, -0.1) is 0 Å². The summed E-state index contributed by atoms with van der Waals surface area (Å²) in [4.78, 5) is 17.3. The van der Waals surface area contributed by atoms with Crippen molar-refractivity contribution >= 4 is 15.9 Å². The minimum Gasteiger partial charge on any atom is -0.475 e. The number of hydrogen-bond acceptors (Lipinski definition) is 6. The van der Waals surface area contributed by atoms with E-state index >= 15 is 0 Å². The van der Waals surface area contributed by atoms with Gasteiger partial charge in [-0.05, 0) is 74.1 Å². The van der Waals surface area contributed by atoms with E-state index < -0.39 is 27.3 Å². The van der Waals surface area contributed by atoms with Crippen LogP contribution in [0.1, 0.15) is 56.1 Å². The number of hydrogen-bond donors (Lipinski definition) is 1. The number of rotatable bonds is 1. The second-order valence-corrected chi connectivity index (χ2v) is 11.4. The average molecular weight is 501 g/mol. The van der Waals surface area contributed by atoms with Crippen LogP contribution in [0, 0.1) is 19.7 Å². The molecule has 0 saturated heterocycles. The molecule has 0 spiro atoms. The molecule has 1 amide bonds. The Balaban J connectivity index is 1.96. The molecule has 0 unspecified atom stereocenters. The molecule has 0 saturated carbocycles. The molecule has 3 heterocycles. The molecule has 1 N–H and O–H groups in total. The highest BCUT2D eigenvalue weighted by Gasteiger charge is 2.33. The Morgan fingerprint density at radius 1 is 1.20 bits per heavy atom. The summed E-state index contributed by atoms with van der Waals surface area (Å²) in [5, 5.41) is 4.45. The maximum absolute atomic E-state index is 14.6. The average Bonchev–Trinajstić information content (AvgIpc) is 3.08. The minimum absolute atomic E-state index is 0.0455. The summed E-state index contributed by atoms with van der Waals surface area (Å²) >= 11 is 0. The van der Waals surface area contributed by atoms with Crippen LogP contribution in [0.2, 0.25) is 0 Å². The fourth-order valence-electron chi connectivity index (χ4n) is 4.60. The quantitative estimate of drug-likeness (QED) is 0.542. The standard InChI is InChI=1S/C25H29FN4O4S/c1-14(2)19-10-18(26)11-20-17-7-8-27-23(9-17)34-13-25(5,6)30-16(4)24(15(3)28-30)35(32,33)29-22(31)12-21(19)20/h7-11,14H,12-13H2,1-6H3,(H,29,31). The van der Waals surface area contributed by atoms with Gasteiger partial charge in [-0.2, -0.15) is 5.10 Å². The van der Waals surface area contributed by atoms with Gasteiger partial charge in [0.05, 0.1) is 23.3 Å². The van der Waals surface area contributed by atoms with Crippen LogP contribution in [0.3, 0.4) is 0 Å². The number of aryl methyl sites for hydroxylation is 1. The number of aromatic nitrogens is 3. The molecule has 35 heavy (non-hydrogen) atoms. The van der Waals surface area contributed by atoms with Crippen LogP contribution in [0.25, 0.3) is 11.1 Å². The number of pyridine rings is 1. The van der Waals surface area contributed by atoms with Crippen molar-refractivity contribution in [2.45, 2.75) is 64.3 Å². The van der Waals surface area contributed by atoms with Crippen LogP contribution in [0.5, 0.6) is 5.88 Å². The number of benzene rings is 1.